The summed E-state index contributed by atoms with van der Waals surface area (Å²) in [6.45, 7) is 5.61. The van der Waals surface area contributed by atoms with E-state index < -0.39 is 0 Å². The summed E-state index contributed by atoms with van der Waals surface area (Å²) >= 11 is 0. The second-order valence-corrected chi connectivity index (χ2v) is 5.40. The number of fused-ring (bicyclic) bond motifs is 1. The van der Waals surface area contributed by atoms with E-state index in [0.717, 1.165) is 30.6 Å². The predicted octanol–water partition coefficient (Wildman–Crippen LogP) is 3.01. The molecule has 0 fully saturated rings. The van der Waals surface area contributed by atoms with E-state index in [1.807, 2.05) is 19.3 Å². The van der Waals surface area contributed by atoms with Crippen LogP contribution in [-0.4, -0.2) is 36.6 Å². The third-order valence-corrected chi connectivity index (χ3v) is 3.79. The van der Waals surface area contributed by atoms with Gasteiger partial charge in [-0.15, -0.1) is 0 Å². The van der Waals surface area contributed by atoms with Gasteiger partial charge in [0.05, 0.1) is 0 Å². The molecule has 0 aliphatic rings. The van der Waals surface area contributed by atoms with E-state index >= 15 is 0 Å². The molecule has 4 heteroatoms. The number of aliphatic hydroxyl groups is 1. The van der Waals surface area contributed by atoms with Gasteiger partial charge in [0, 0.05) is 55.6 Å². The number of rotatable bonds is 8. The summed E-state index contributed by atoms with van der Waals surface area (Å²) in [4.78, 5) is 4.17. The Bertz CT molecular complexity index is 726. The lowest BCUT2D eigenvalue weighted by molar-refractivity contribution is 0.280. The summed E-state index contributed by atoms with van der Waals surface area (Å²) in [5.41, 5.74) is 4.63. The maximum atomic E-state index is 9.13. The van der Waals surface area contributed by atoms with E-state index in [2.05, 4.69) is 45.9 Å². The van der Waals surface area contributed by atoms with E-state index in [0.29, 0.717) is 0 Å². The molecule has 0 spiro atoms. The van der Waals surface area contributed by atoms with Crippen LogP contribution in [0.1, 0.15) is 17.5 Å². The Morgan fingerprint density at radius 3 is 2.91 bits per heavy atom. The molecule has 0 aliphatic carbocycles. The molecule has 0 atom stereocenters. The van der Waals surface area contributed by atoms with Crippen molar-refractivity contribution >= 4 is 22.7 Å². The van der Waals surface area contributed by atoms with E-state index in [1.165, 1.54) is 16.5 Å². The highest BCUT2D eigenvalue weighted by Gasteiger charge is 2.13. The number of aromatic nitrogens is 1. The summed E-state index contributed by atoms with van der Waals surface area (Å²) in [7, 11) is 3.73. The van der Waals surface area contributed by atoms with Crippen molar-refractivity contribution in [3.05, 3.63) is 54.3 Å². The van der Waals surface area contributed by atoms with E-state index in [9.17, 15) is 0 Å². The topological polar surface area (TPSA) is 49.5 Å². The highest BCUT2D eigenvalue weighted by molar-refractivity contribution is 6.15. The quantitative estimate of drug-likeness (QED) is 0.581. The van der Waals surface area contributed by atoms with Crippen molar-refractivity contribution in [1.29, 1.82) is 0 Å². The van der Waals surface area contributed by atoms with Crippen LogP contribution in [0.2, 0.25) is 0 Å². The smallest absolute Gasteiger partial charge is 0.0489 e. The molecule has 0 aliphatic heterocycles. The second kappa shape index (κ2) is 8.46. The molecule has 1 aromatic heterocycles. The molecule has 0 amide bonds. The van der Waals surface area contributed by atoms with Gasteiger partial charge in [-0.25, -0.2) is 0 Å². The van der Waals surface area contributed by atoms with Gasteiger partial charge in [-0.05, 0) is 30.7 Å². The maximum Gasteiger partial charge on any atom is 0.0489 e. The number of aryl methyl sites for hydroxylation is 1. The lowest BCUT2D eigenvalue weighted by atomic mass is 9.99. The van der Waals surface area contributed by atoms with Gasteiger partial charge < -0.3 is 15.0 Å². The summed E-state index contributed by atoms with van der Waals surface area (Å²) in [5, 5.41) is 13.6. The monoisotopic (exact) mass is 311 g/mol. The lowest BCUT2D eigenvalue weighted by Gasteiger charge is -2.08. The number of allylic oxidation sites excluding steroid dienone is 3. The highest BCUT2D eigenvalue weighted by atomic mass is 16.3. The minimum Gasteiger partial charge on any atom is -0.396 e. The van der Waals surface area contributed by atoms with Crippen molar-refractivity contribution in [1.82, 2.24) is 9.88 Å². The fraction of sp³-hybridized carbons (Fsp3) is 0.316. The normalized spacial score (nSPS) is 12.4. The first-order chi connectivity index (χ1) is 11.3. The van der Waals surface area contributed by atoms with Crippen molar-refractivity contribution < 1.29 is 5.11 Å². The van der Waals surface area contributed by atoms with Gasteiger partial charge in [-0.2, -0.15) is 0 Å². The fourth-order valence-electron chi connectivity index (χ4n) is 2.90. The minimum atomic E-state index is 0.199. The van der Waals surface area contributed by atoms with Gasteiger partial charge in [-0.1, -0.05) is 30.9 Å². The molecular formula is C19H25N3O. The van der Waals surface area contributed by atoms with Crippen LogP contribution in [0.4, 0.5) is 0 Å². The Kier molecular flexibility index (Phi) is 6.32. The van der Waals surface area contributed by atoms with Crippen molar-refractivity contribution in [2.75, 3.05) is 20.7 Å². The molecule has 1 aromatic carbocycles. The number of aliphatic imine (C=N–C) groups is 1. The van der Waals surface area contributed by atoms with Crippen LogP contribution in [0.3, 0.4) is 0 Å². The zero-order chi connectivity index (χ0) is 16.7. The summed E-state index contributed by atoms with van der Waals surface area (Å²) in [5.74, 6) is 0. The van der Waals surface area contributed by atoms with Gasteiger partial charge >= 0.3 is 0 Å². The molecule has 2 rings (SSSR count). The molecule has 2 N–H and O–H groups in total. The van der Waals surface area contributed by atoms with Crippen LogP contribution in [0.15, 0.2) is 48.1 Å². The van der Waals surface area contributed by atoms with Crippen LogP contribution in [-0.2, 0) is 13.1 Å². The third-order valence-electron chi connectivity index (χ3n) is 3.79. The molecule has 0 unspecified atom stereocenters. The van der Waals surface area contributed by atoms with Gasteiger partial charge in [0.1, 0.15) is 0 Å². The standard InChI is InChI=1S/C19H25N3O/c1-4-7-15(12-20-2)17-8-5-9-18-19(17)16(13-21-3)14-22(18)10-6-11-23/h4-5,7-9,12,14,21,23H,1,6,10-11,13H2,2-3H3/b15-7+,20-12?. The van der Waals surface area contributed by atoms with E-state index in [-0.39, 0.29) is 6.61 Å². The van der Waals surface area contributed by atoms with Crippen LogP contribution >= 0.6 is 0 Å². The number of hydrogen-bond donors (Lipinski definition) is 2. The zero-order valence-electron chi connectivity index (χ0n) is 13.9. The van der Waals surface area contributed by atoms with Crippen LogP contribution in [0, 0.1) is 0 Å². The number of benzene rings is 1. The highest BCUT2D eigenvalue weighted by Crippen LogP contribution is 2.30. The number of nitrogens with one attached hydrogen (secondary N) is 1. The molecule has 23 heavy (non-hydrogen) atoms. The fourth-order valence-corrected chi connectivity index (χ4v) is 2.90. The summed E-state index contributed by atoms with van der Waals surface area (Å²) in [6.07, 6.45) is 8.56. The zero-order valence-corrected chi connectivity index (χ0v) is 13.9. The summed E-state index contributed by atoms with van der Waals surface area (Å²) < 4.78 is 2.22. The Labute approximate surface area is 137 Å². The molecule has 2 aromatic rings. The van der Waals surface area contributed by atoms with E-state index in [4.69, 9.17) is 5.11 Å². The number of aliphatic hydroxyl groups excluding tert-OH is 1. The minimum absolute atomic E-state index is 0.199. The van der Waals surface area contributed by atoms with Crippen LogP contribution in [0.25, 0.3) is 16.5 Å². The number of nitrogens with zero attached hydrogens (tertiary/aromatic N) is 2. The van der Waals surface area contributed by atoms with E-state index in [1.54, 1.807) is 13.1 Å². The van der Waals surface area contributed by atoms with Crippen molar-refractivity contribution in [2.45, 2.75) is 19.5 Å². The molecule has 0 saturated carbocycles. The maximum absolute atomic E-state index is 9.13. The predicted molar refractivity (Wildman–Crippen MR) is 99.0 cm³/mol. The molecule has 0 radical (unpaired) electrons. The Morgan fingerprint density at radius 2 is 2.26 bits per heavy atom. The largest absolute Gasteiger partial charge is 0.396 e. The number of hydrogen-bond acceptors (Lipinski definition) is 3. The average molecular weight is 311 g/mol. The first-order valence-corrected chi connectivity index (χ1v) is 7.88. The summed E-state index contributed by atoms with van der Waals surface area (Å²) in [6, 6.07) is 6.32. The van der Waals surface area contributed by atoms with Crippen LogP contribution in [0.5, 0.6) is 0 Å². The molecule has 122 valence electrons. The first kappa shape index (κ1) is 17.2. The Balaban J connectivity index is 2.68. The Hall–Kier alpha value is -2.17. The van der Waals surface area contributed by atoms with Crippen molar-refractivity contribution in [2.24, 2.45) is 4.99 Å². The van der Waals surface area contributed by atoms with Crippen molar-refractivity contribution in [3.63, 3.8) is 0 Å². The average Bonchev–Trinajstić information content (AvgIpc) is 2.91. The van der Waals surface area contributed by atoms with Gasteiger partial charge in [-0.3, -0.25) is 4.99 Å². The molecule has 1 heterocycles. The lowest BCUT2D eigenvalue weighted by Crippen LogP contribution is -2.05. The van der Waals surface area contributed by atoms with Crippen LogP contribution < -0.4 is 5.32 Å². The second-order valence-electron chi connectivity index (χ2n) is 5.40. The van der Waals surface area contributed by atoms with Gasteiger partial charge in [0.15, 0.2) is 0 Å². The molecule has 0 saturated heterocycles. The first-order valence-electron chi connectivity index (χ1n) is 7.88. The molecular weight excluding hydrogens is 286 g/mol. The third kappa shape index (κ3) is 3.78. The SMILES string of the molecule is C=C/C=C(\C=NC)c1cccc2c1c(CNC)cn2CCCO. The van der Waals surface area contributed by atoms with Gasteiger partial charge in [0.25, 0.3) is 0 Å². The van der Waals surface area contributed by atoms with Gasteiger partial charge in [0.2, 0.25) is 0 Å². The molecule has 4 nitrogen and oxygen atoms in total. The Morgan fingerprint density at radius 1 is 1.43 bits per heavy atom. The van der Waals surface area contributed by atoms with Crippen molar-refractivity contribution in [3.8, 4) is 0 Å². The molecule has 0 bridgehead atoms.